The van der Waals surface area contributed by atoms with Gasteiger partial charge in [-0.3, -0.25) is 0 Å². The van der Waals surface area contributed by atoms with Crippen LogP contribution in [-0.2, 0) is 4.84 Å². The van der Waals surface area contributed by atoms with E-state index in [1.54, 1.807) is 0 Å². The van der Waals surface area contributed by atoms with Gasteiger partial charge in [0.1, 0.15) is 0 Å². The third kappa shape index (κ3) is 64.4. The van der Waals surface area contributed by atoms with E-state index in [9.17, 15) is 0 Å². The smallest absolute Gasteiger partial charge is 0.291 e. The first-order valence-corrected chi connectivity index (χ1v) is 1.21. The molecule has 0 aliphatic rings. The van der Waals surface area contributed by atoms with Gasteiger partial charge in [-0.05, 0) is 0 Å². The van der Waals surface area contributed by atoms with Crippen LogP contribution in [0.1, 0.15) is 0 Å². The summed E-state index contributed by atoms with van der Waals surface area (Å²) in [5.74, 6) is 4.35. The second-order valence-corrected chi connectivity index (χ2v) is 0.474. The summed E-state index contributed by atoms with van der Waals surface area (Å²) >= 11 is 0. The van der Waals surface area contributed by atoms with Crippen LogP contribution in [0.5, 0.6) is 0 Å². The molecular weight excluding hydrogens is 104 g/mol. The van der Waals surface area contributed by atoms with Crippen molar-refractivity contribution in [3.05, 3.63) is 10.1 Å². The molecule has 0 radical (unpaired) electrons. The highest BCUT2D eigenvalue weighted by molar-refractivity contribution is 3.83. The molecule has 6 nitrogen and oxygen atoms in total. The van der Waals surface area contributed by atoms with Crippen LogP contribution in [0.25, 0.3) is 0 Å². The molecule has 0 saturated heterocycles. The fourth-order valence-corrected chi connectivity index (χ4v) is 0. The van der Waals surface area contributed by atoms with Crippen LogP contribution >= 0.6 is 0 Å². The van der Waals surface area contributed by atoms with Crippen molar-refractivity contribution in [2.24, 2.45) is 5.90 Å². The van der Waals surface area contributed by atoms with E-state index in [1.165, 1.54) is 7.11 Å². The minimum Gasteiger partial charge on any atom is -0.328 e. The van der Waals surface area contributed by atoms with Gasteiger partial charge in [0.25, 0.3) is 5.09 Å². The molecule has 6 heteroatoms. The van der Waals surface area contributed by atoms with Crippen LogP contribution in [-0.4, -0.2) is 17.4 Å². The van der Waals surface area contributed by atoms with Gasteiger partial charge in [-0.2, -0.15) is 0 Å². The van der Waals surface area contributed by atoms with Crippen molar-refractivity contribution in [2.75, 3.05) is 7.11 Å². The molecule has 44 valence electrons. The lowest BCUT2D eigenvalue weighted by Crippen LogP contribution is -1.86. The Kier molecular flexibility index (Phi) is 12.1. The lowest BCUT2D eigenvalue weighted by atomic mass is 11.7. The topological polar surface area (TPSA) is 98.6 Å². The number of nitrogens with zero attached hydrogens (tertiary/aromatic N) is 1. The summed E-state index contributed by atoms with van der Waals surface area (Å²) < 4.78 is 0. The Morgan fingerprint density at radius 3 is 2.00 bits per heavy atom. The van der Waals surface area contributed by atoms with Crippen molar-refractivity contribution in [1.29, 1.82) is 0 Å². The van der Waals surface area contributed by atoms with Crippen LogP contribution in [0.2, 0.25) is 0 Å². The number of hydrogen-bond acceptors (Lipinski definition) is 4. The fourth-order valence-electron chi connectivity index (χ4n) is 0. The molecule has 7 heavy (non-hydrogen) atoms. The van der Waals surface area contributed by atoms with Crippen molar-refractivity contribution < 1.29 is 15.1 Å². The first-order chi connectivity index (χ1) is 3.15. The second kappa shape index (κ2) is 8.93. The Balaban J connectivity index is 0. The second-order valence-electron chi connectivity index (χ2n) is 0.474. The van der Waals surface area contributed by atoms with Crippen molar-refractivity contribution in [3.63, 3.8) is 0 Å². The molecule has 0 spiro atoms. The van der Waals surface area contributed by atoms with Gasteiger partial charge in [0.05, 0.1) is 7.11 Å². The molecule has 0 aliphatic heterocycles. The molecule has 0 unspecified atom stereocenters. The van der Waals surface area contributed by atoms with E-state index >= 15 is 0 Å². The molecule has 0 atom stereocenters. The molecule has 0 heterocycles. The first-order valence-electron chi connectivity index (χ1n) is 1.21. The number of nitrogens with two attached hydrogens (primary N) is 1. The lowest BCUT2D eigenvalue weighted by molar-refractivity contribution is -0.742. The summed E-state index contributed by atoms with van der Waals surface area (Å²) in [6.07, 6.45) is 0. The average Bonchev–Trinajstić information content (AvgIpc) is 1.33. The van der Waals surface area contributed by atoms with Gasteiger partial charge in [0.2, 0.25) is 0 Å². The fraction of sp³-hybridized carbons (Fsp3) is 1.00. The highest BCUT2D eigenvalue weighted by Gasteiger charge is 1.65. The van der Waals surface area contributed by atoms with Gasteiger partial charge >= 0.3 is 0 Å². The molecule has 0 amide bonds. The molecule has 0 fully saturated rings. The molecule has 3 N–H and O–H groups in total. The van der Waals surface area contributed by atoms with E-state index in [0.717, 1.165) is 0 Å². The third-order valence-electron chi connectivity index (χ3n) is 0. The Labute approximate surface area is 39.6 Å². The molecule has 0 aromatic carbocycles. The van der Waals surface area contributed by atoms with E-state index in [1.807, 2.05) is 0 Å². The molecule has 0 aromatic heterocycles. The maximum Gasteiger partial charge on any atom is 0.291 e. The van der Waals surface area contributed by atoms with Crippen LogP contribution in [0.15, 0.2) is 0 Å². The van der Waals surface area contributed by atoms with Gasteiger partial charge in [0, 0.05) is 0 Å². The van der Waals surface area contributed by atoms with Crippen LogP contribution in [0.4, 0.5) is 0 Å². The van der Waals surface area contributed by atoms with Crippen molar-refractivity contribution >= 4 is 0 Å². The summed E-state index contributed by atoms with van der Waals surface area (Å²) in [5.41, 5.74) is 0. The van der Waals surface area contributed by atoms with Gasteiger partial charge in [-0.15, -0.1) is 10.1 Å². The van der Waals surface area contributed by atoms with Crippen molar-refractivity contribution in [3.8, 4) is 0 Å². The molecule has 0 aliphatic carbocycles. The maximum absolute atomic E-state index is 8.36. The molecule has 0 aromatic rings. The number of rotatable bonds is 0. The highest BCUT2D eigenvalue weighted by Crippen LogP contribution is 1.38. The minimum atomic E-state index is -1.50. The van der Waals surface area contributed by atoms with Gasteiger partial charge in [-0.1, -0.05) is 0 Å². The molecule has 0 bridgehead atoms. The van der Waals surface area contributed by atoms with Crippen LogP contribution in [0.3, 0.4) is 0 Å². The van der Waals surface area contributed by atoms with Crippen LogP contribution in [0, 0.1) is 10.1 Å². The highest BCUT2D eigenvalue weighted by atomic mass is 16.9. The lowest BCUT2D eigenvalue weighted by Gasteiger charge is -1.62. The van der Waals surface area contributed by atoms with E-state index in [0.29, 0.717) is 0 Å². The van der Waals surface area contributed by atoms with Crippen molar-refractivity contribution in [1.82, 2.24) is 0 Å². The van der Waals surface area contributed by atoms with E-state index < -0.39 is 5.09 Å². The maximum atomic E-state index is 8.36. The molecular formula is CH6N2O4. The molecule has 0 saturated carbocycles. The summed E-state index contributed by atoms with van der Waals surface area (Å²) in [4.78, 5) is 12.1. The standard InChI is InChI=1S/CH5NO.HNO3/c1-3-2;2-1(3)4/h2H2,1H3;(H,2,3,4). The monoisotopic (exact) mass is 110 g/mol. The van der Waals surface area contributed by atoms with E-state index in [2.05, 4.69) is 10.7 Å². The quantitative estimate of drug-likeness (QED) is 0.313. The Bertz CT molecular complexity index is 41.0. The van der Waals surface area contributed by atoms with Gasteiger partial charge in [0.15, 0.2) is 0 Å². The largest absolute Gasteiger partial charge is 0.328 e. The van der Waals surface area contributed by atoms with Crippen molar-refractivity contribution in [2.45, 2.75) is 0 Å². The predicted molar refractivity (Wildman–Crippen MR) is 20.0 cm³/mol. The Hall–Kier alpha value is -0.880. The summed E-state index contributed by atoms with van der Waals surface area (Å²) in [6, 6.07) is 0. The average molecular weight is 110 g/mol. The summed E-state index contributed by atoms with van der Waals surface area (Å²) in [6.45, 7) is 0. The van der Waals surface area contributed by atoms with E-state index in [-0.39, 0.29) is 0 Å². The van der Waals surface area contributed by atoms with Gasteiger partial charge < -0.3 is 10.0 Å². The summed E-state index contributed by atoms with van der Waals surface area (Å²) in [5, 5.41) is 13.6. The Morgan fingerprint density at radius 1 is 2.00 bits per heavy atom. The van der Waals surface area contributed by atoms with E-state index in [4.69, 9.17) is 15.3 Å². The first kappa shape index (κ1) is 9.45. The minimum absolute atomic E-state index is 1.40. The number of hydrogen-bond donors (Lipinski definition) is 2. The normalized spacial score (nSPS) is 6.00. The summed E-state index contributed by atoms with van der Waals surface area (Å²) in [7, 11) is 1.40. The zero-order valence-corrected chi connectivity index (χ0v) is 3.70. The SMILES string of the molecule is CON.O=[N+]([O-])O. The predicted octanol–water partition coefficient (Wildman–Crippen LogP) is -0.841. The zero-order valence-electron chi connectivity index (χ0n) is 3.70. The third-order valence-corrected chi connectivity index (χ3v) is 0. The Morgan fingerprint density at radius 2 is 2.00 bits per heavy atom. The van der Waals surface area contributed by atoms with Crippen LogP contribution < -0.4 is 5.90 Å². The van der Waals surface area contributed by atoms with Gasteiger partial charge in [-0.25, -0.2) is 5.90 Å². The molecule has 0 rings (SSSR count). The zero-order chi connectivity index (χ0) is 6.28.